The van der Waals surface area contributed by atoms with Crippen LogP contribution in [-0.2, 0) is 21.2 Å². The fourth-order valence-electron chi connectivity index (χ4n) is 2.85. The van der Waals surface area contributed by atoms with E-state index in [4.69, 9.17) is 5.11 Å². The second kappa shape index (κ2) is 6.76. The standard InChI is InChI=1S/C15H21NO5S/c1-10(17)14(15(18)19)16-22(20,21)9-8-12-7-6-11-4-2-3-5-13(11)12/h2-5,10,12,14,16-17H,6-9H2,1H3,(H,18,19)/t10-,12?,14-/m1/s1. The minimum atomic E-state index is -3.75. The Labute approximate surface area is 130 Å². The molecule has 3 N–H and O–H groups in total. The van der Waals surface area contributed by atoms with Gasteiger partial charge in [0, 0.05) is 0 Å². The molecule has 0 saturated carbocycles. The molecule has 2 rings (SSSR count). The summed E-state index contributed by atoms with van der Waals surface area (Å²) in [6.45, 7) is 1.24. The lowest BCUT2D eigenvalue weighted by Crippen LogP contribution is -2.48. The molecule has 0 heterocycles. The third kappa shape index (κ3) is 4.06. The van der Waals surface area contributed by atoms with Crippen molar-refractivity contribution in [2.45, 2.75) is 44.2 Å². The van der Waals surface area contributed by atoms with Gasteiger partial charge in [-0.2, -0.15) is 4.72 Å². The highest BCUT2D eigenvalue weighted by Crippen LogP contribution is 2.35. The van der Waals surface area contributed by atoms with E-state index in [0.717, 1.165) is 12.8 Å². The fraction of sp³-hybridized carbons (Fsp3) is 0.533. The molecule has 3 atom stereocenters. The van der Waals surface area contributed by atoms with Gasteiger partial charge in [-0.15, -0.1) is 0 Å². The number of aryl methyl sites for hydroxylation is 1. The Bertz CT molecular complexity index is 641. The largest absolute Gasteiger partial charge is 0.480 e. The third-order valence-corrected chi connectivity index (χ3v) is 5.43. The molecule has 6 nitrogen and oxygen atoms in total. The summed E-state index contributed by atoms with van der Waals surface area (Å²) in [4.78, 5) is 11.0. The Morgan fingerprint density at radius 2 is 2.09 bits per heavy atom. The number of aliphatic hydroxyl groups excluding tert-OH is 1. The normalized spacial score (nSPS) is 20.4. The van der Waals surface area contributed by atoms with E-state index >= 15 is 0 Å². The molecule has 0 aliphatic heterocycles. The Hall–Kier alpha value is -1.44. The van der Waals surface area contributed by atoms with Crippen molar-refractivity contribution in [2.75, 3.05) is 5.75 Å². The minimum Gasteiger partial charge on any atom is -0.480 e. The number of hydrogen-bond donors (Lipinski definition) is 3. The van der Waals surface area contributed by atoms with Gasteiger partial charge in [0.2, 0.25) is 10.0 Å². The number of benzene rings is 1. The van der Waals surface area contributed by atoms with Gasteiger partial charge in [-0.1, -0.05) is 24.3 Å². The van der Waals surface area contributed by atoms with Crippen molar-refractivity contribution < 1.29 is 23.4 Å². The highest BCUT2D eigenvalue weighted by Gasteiger charge is 2.29. The fourth-order valence-corrected chi connectivity index (χ4v) is 4.25. The lowest BCUT2D eigenvalue weighted by molar-refractivity contribution is -0.141. The number of rotatable bonds is 7. The number of carboxylic acid groups (broad SMARTS) is 1. The van der Waals surface area contributed by atoms with E-state index in [9.17, 15) is 18.3 Å². The predicted molar refractivity (Wildman–Crippen MR) is 82.1 cm³/mol. The molecule has 0 fully saturated rings. The molecular formula is C15H21NO5S. The topological polar surface area (TPSA) is 104 Å². The van der Waals surface area contributed by atoms with Crippen LogP contribution in [0.5, 0.6) is 0 Å². The van der Waals surface area contributed by atoms with Crippen LogP contribution in [0.15, 0.2) is 24.3 Å². The average molecular weight is 327 g/mol. The summed E-state index contributed by atoms with van der Waals surface area (Å²) in [5, 5.41) is 18.3. The molecule has 22 heavy (non-hydrogen) atoms. The van der Waals surface area contributed by atoms with Crippen LogP contribution < -0.4 is 4.72 Å². The van der Waals surface area contributed by atoms with E-state index in [-0.39, 0.29) is 11.7 Å². The minimum absolute atomic E-state index is 0.150. The van der Waals surface area contributed by atoms with Gasteiger partial charge in [-0.25, -0.2) is 8.42 Å². The van der Waals surface area contributed by atoms with Gasteiger partial charge in [0.05, 0.1) is 11.9 Å². The second-order valence-electron chi connectivity index (χ2n) is 5.72. The number of hydrogen-bond acceptors (Lipinski definition) is 4. The summed E-state index contributed by atoms with van der Waals surface area (Å²) in [5.41, 5.74) is 2.44. The van der Waals surface area contributed by atoms with Gasteiger partial charge in [-0.05, 0) is 43.2 Å². The molecule has 7 heteroatoms. The third-order valence-electron chi connectivity index (χ3n) is 4.05. The molecular weight excluding hydrogens is 306 g/mol. The highest BCUT2D eigenvalue weighted by molar-refractivity contribution is 7.89. The lowest BCUT2D eigenvalue weighted by atomic mass is 9.99. The van der Waals surface area contributed by atoms with Crippen LogP contribution in [0.4, 0.5) is 0 Å². The molecule has 1 aromatic carbocycles. The summed E-state index contributed by atoms with van der Waals surface area (Å²) in [7, 11) is -3.75. The van der Waals surface area contributed by atoms with Crippen LogP contribution in [0.25, 0.3) is 0 Å². The van der Waals surface area contributed by atoms with Crippen molar-refractivity contribution in [2.24, 2.45) is 0 Å². The maximum atomic E-state index is 12.0. The van der Waals surface area contributed by atoms with Gasteiger partial charge in [0.1, 0.15) is 6.04 Å². The van der Waals surface area contributed by atoms with Gasteiger partial charge in [0.15, 0.2) is 0 Å². The summed E-state index contributed by atoms with van der Waals surface area (Å²) in [6.07, 6.45) is 1.01. The number of fused-ring (bicyclic) bond motifs is 1. The quantitative estimate of drug-likeness (QED) is 0.689. The van der Waals surface area contributed by atoms with E-state index in [2.05, 4.69) is 10.8 Å². The van der Waals surface area contributed by atoms with Crippen molar-refractivity contribution in [3.8, 4) is 0 Å². The second-order valence-corrected chi connectivity index (χ2v) is 7.59. The van der Waals surface area contributed by atoms with E-state index in [0.29, 0.717) is 6.42 Å². The zero-order chi connectivity index (χ0) is 16.3. The van der Waals surface area contributed by atoms with E-state index in [1.54, 1.807) is 0 Å². The van der Waals surface area contributed by atoms with Gasteiger partial charge in [0.25, 0.3) is 0 Å². The summed E-state index contributed by atoms with van der Waals surface area (Å²) in [5.74, 6) is -1.35. The van der Waals surface area contributed by atoms with Crippen molar-refractivity contribution in [1.82, 2.24) is 4.72 Å². The first-order valence-electron chi connectivity index (χ1n) is 7.29. The molecule has 0 radical (unpaired) electrons. The average Bonchev–Trinajstić information content (AvgIpc) is 2.85. The van der Waals surface area contributed by atoms with Crippen molar-refractivity contribution >= 4 is 16.0 Å². The number of aliphatic carboxylic acids is 1. The first-order valence-corrected chi connectivity index (χ1v) is 8.94. The molecule has 1 aliphatic carbocycles. The molecule has 1 aromatic rings. The number of carboxylic acids is 1. The number of aliphatic hydroxyl groups is 1. The van der Waals surface area contributed by atoms with Crippen molar-refractivity contribution in [3.63, 3.8) is 0 Å². The zero-order valence-electron chi connectivity index (χ0n) is 12.4. The Morgan fingerprint density at radius 1 is 1.41 bits per heavy atom. The van der Waals surface area contributed by atoms with Gasteiger partial charge >= 0.3 is 5.97 Å². The predicted octanol–water partition coefficient (Wildman–Crippen LogP) is 0.860. The number of carbonyl (C=O) groups is 1. The number of nitrogens with one attached hydrogen (secondary N) is 1. The Balaban J connectivity index is 1.98. The number of sulfonamides is 1. The molecule has 0 spiro atoms. The molecule has 1 unspecified atom stereocenters. The van der Waals surface area contributed by atoms with E-state index in [1.807, 2.05) is 18.2 Å². The van der Waals surface area contributed by atoms with E-state index in [1.165, 1.54) is 18.1 Å². The lowest BCUT2D eigenvalue weighted by Gasteiger charge is -2.18. The first-order chi connectivity index (χ1) is 10.3. The van der Waals surface area contributed by atoms with E-state index < -0.39 is 28.1 Å². The summed E-state index contributed by atoms with van der Waals surface area (Å²) < 4.78 is 26.1. The van der Waals surface area contributed by atoms with Crippen LogP contribution in [-0.4, -0.2) is 42.5 Å². The Kier molecular flexibility index (Phi) is 5.20. The smallest absolute Gasteiger partial charge is 0.324 e. The van der Waals surface area contributed by atoms with Crippen LogP contribution in [0.3, 0.4) is 0 Å². The molecule has 0 bridgehead atoms. The SMILES string of the molecule is C[C@@H](O)[C@@H](NS(=O)(=O)CCC1CCc2ccccc21)C(=O)O. The Morgan fingerprint density at radius 3 is 2.73 bits per heavy atom. The molecule has 0 saturated heterocycles. The van der Waals surface area contributed by atoms with Crippen molar-refractivity contribution in [1.29, 1.82) is 0 Å². The van der Waals surface area contributed by atoms with Gasteiger partial charge in [-0.3, -0.25) is 4.79 Å². The van der Waals surface area contributed by atoms with Crippen molar-refractivity contribution in [3.05, 3.63) is 35.4 Å². The molecule has 122 valence electrons. The summed E-state index contributed by atoms with van der Waals surface area (Å²) >= 11 is 0. The van der Waals surface area contributed by atoms with Crippen LogP contribution in [0.2, 0.25) is 0 Å². The maximum Gasteiger partial charge on any atom is 0.324 e. The van der Waals surface area contributed by atoms with Crippen LogP contribution in [0.1, 0.15) is 36.8 Å². The zero-order valence-corrected chi connectivity index (χ0v) is 13.2. The molecule has 0 amide bonds. The molecule has 1 aliphatic rings. The van der Waals surface area contributed by atoms with Gasteiger partial charge < -0.3 is 10.2 Å². The highest BCUT2D eigenvalue weighted by atomic mass is 32.2. The maximum absolute atomic E-state index is 12.0. The summed E-state index contributed by atoms with van der Waals surface area (Å²) in [6, 6.07) is 6.47. The van der Waals surface area contributed by atoms with Crippen LogP contribution in [0, 0.1) is 0 Å². The monoisotopic (exact) mass is 327 g/mol. The molecule has 0 aromatic heterocycles. The first kappa shape index (κ1) is 16.9. The van der Waals surface area contributed by atoms with Crippen LogP contribution >= 0.6 is 0 Å².